The Labute approximate surface area is 71.4 Å². The third kappa shape index (κ3) is 5.98. The molecule has 0 saturated heterocycles. The van der Waals surface area contributed by atoms with E-state index >= 15 is 0 Å². The summed E-state index contributed by atoms with van der Waals surface area (Å²) in [5, 5.41) is 0. The van der Waals surface area contributed by atoms with E-state index in [0.717, 1.165) is 25.7 Å². The molecule has 0 N–H and O–H groups in total. The van der Waals surface area contributed by atoms with Crippen molar-refractivity contribution in [1.29, 1.82) is 0 Å². The Morgan fingerprint density at radius 1 is 1.36 bits per heavy atom. The standard InChI is InChI=1S/C11H19/c1-5-7-8-10-11(3,4)9-6-2/h2,5-7,9H2,1,3-4H3. The molecule has 0 bridgehead atoms. The van der Waals surface area contributed by atoms with Crippen molar-refractivity contribution in [3.8, 4) is 11.8 Å². The summed E-state index contributed by atoms with van der Waals surface area (Å²) in [4.78, 5) is 0. The first-order valence-electron chi connectivity index (χ1n) is 4.41. The fourth-order valence-corrected chi connectivity index (χ4v) is 0.931. The van der Waals surface area contributed by atoms with Gasteiger partial charge in [0.1, 0.15) is 0 Å². The number of unbranched alkanes of at least 4 members (excludes halogenated alkanes) is 1. The van der Waals surface area contributed by atoms with Crippen LogP contribution in [0.15, 0.2) is 0 Å². The lowest BCUT2D eigenvalue weighted by molar-refractivity contribution is 0.462. The lowest BCUT2D eigenvalue weighted by atomic mass is 9.89. The summed E-state index contributed by atoms with van der Waals surface area (Å²) in [6.07, 6.45) is 4.27. The van der Waals surface area contributed by atoms with Crippen LogP contribution in [-0.4, -0.2) is 0 Å². The van der Waals surface area contributed by atoms with Gasteiger partial charge in [-0.15, -0.1) is 5.92 Å². The lowest BCUT2D eigenvalue weighted by Crippen LogP contribution is -2.06. The van der Waals surface area contributed by atoms with Crippen LogP contribution in [0.2, 0.25) is 0 Å². The van der Waals surface area contributed by atoms with Crippen LogP contribution in [0.1, 0.15) is 46.5 Å². The van der Waals surface area contributed by atoms with Crippen LogP contribution in [-0.2, 0) is 0 Å². The zero-order chi connectivity index (χ0) is 8.74. The molecular formula is C11H19. The fourth-order valence-electron chi connectivity index (χ4n) is 0.931. The summed E-state index contributed by atoms with van der Waals surface area (Å²) < 4.78 is 0. The van der Waals surface area contributed by atoms with Gasteiger partial charge in [0.25, 0.3) is 0 Å². The van der Waals surface area contributed by atoms with E-state index < -0.39 is 0 Å². The molecular weight excluding hydrogens is 132 g/mol. The van der Waals surface area contributed by atoms with Crippen LogP contribution in [0.3, 0.4) is 0 Å². The molecule has 0 rings (SSSR count). The maximum Gasteiger partial charge on any atom is 0.0258 e. The molecule has 1 radical (unpaired) electrons. The Kier molecular flexibility index (Phi) is 5.03. The second kappa shape index (κ2) is 5.24. The van der Waals surface area contributed by atoms with Gasteiger partial charge in [-0.2, -0.15) is 0 Å². The van der Waals surface area contributed by atoms with Crippen LogP contribution in [0.5, 0.6) is 0 Å². The first-order valence-corrected chi connectivity index (χ1v) is 4.41. The summed E-state index contributed by atoms with van der Waals surface area (Å²) in [6, 6.07) is 0. The van der Waals surface area contributed by atoms with Crippen LogP contribution < -0.4 is 0 Å². The van der Waals surface area contributed by atoms with Crippen molar-refractivity contribution in [2.24, 2.45) is 5.41 Å². The molecule has 0 aromatic carbocycles. The van der Waals surface area contributed by atoms with Gasteiger partial charge in [-0.1, -0.05) is 26.2 Å². The average Bonchev–Trinajstić information content (AvgIpc) is 1.87. The SMILES string of the molecule is [CH2]CCC(C)(C)C#CCCC. The van der Waals surface area contributed by atoms with Crippen molar-refractivity contribution in [3.63, 3.8) is 0 Å². The third-order valence-corrected chi connectivity index (χ3v) is 1.60. The van der Waals surface area contributed by atoms with Crippen molar-refractivity contribution in [2.45, 2.75) is 46.5 Å². The van der Waals surface area contributed by atoms with Gasteiger partial charge in [0.2, 0.25) is 0 Å². The molecule has 0 aliphatic heterocycles. The van der Waals surface area contributed by atoms with Crippen LogP contribution in [0.25, 0.3) is 0 Å². The van der Waals surface area contributed by atoms with Gasteiger partial charge in [0, 0.05) is 11.8 Å². The molecule has 0 heterocycles. The number of hydrogen-bond acceptors (Lipinski definition) is 0. The normalized spacial score (nSPS) is 10.5. The Morgan fingerprint density at radius 3 is 2.45 bits per heavy atom. The van der Waals surface area contributed by atoms with E-state index in [2.05, 4.69) is 39.5 Å². The minimum absolute atomic E-state index is 0.178. The molecule has 0 unspecified atom stereocenters. The van der Waals surface area contributed by atoms with Crippen molar-refractivity contribution < 1.29 is 0 Å². The molecule has 0 aromatic heterocycles. The summed E-state index contributed by atoms with van der Waals surface area (Å²) in [7, 11) is 0. The highest BCUT2D eigenvalue weighted by atomic mass is 14.1. The molecule has 0 fully saturated rings. The predicted molar refractivity (Wildman–Crippen MR) is 51.1 cm³/mol. The number of rotatable bonds is 3. The first kappa shape index (κ1) is 10.6. The Morgan fingerprint density at radius 2 is 2.00 bits per heavy atom. The van der Waals surface area contributed by atoms with E-state index in [1.165, 1.54) is 0 Å². The van der Waals surface area contributed by atoms with Crippen molar-refractivity contribution in [2.75, 3.05) is 0 Å². The smallest absolute Gasteiger partial charge is 0.0258 e. The third-order valence-electron chi connectivity index (χ3n) is 1.60. The maximum absolute atomic E-state index is 3.83. The molecule has 0 nitrogen and oxygen atoms in total. The Bertz CT molecular complexity index is 143. The molecule has 0 saturated carbocycles. The van der Waals surface area contributed by atoms with Crippen molar-refractivity contribution in [1.82, 2.24) is 0 Å². The highest BCUT2D eigenvalue weighted by Gasteiger charge is 2.11. The summed E-state index contributed by atoms with van der Waals surface area (Å²) in [6.45, 7) is 10.3. The van der Waals surface area contributed by atoms with Gasteiger partial charge in [0.15, 0.2) is 0 Å². The lowest BCUT2D eigenvalue weighted by Gasteiger charge is -2.15. The number of hydrogen-bond donors (Lipinski definition) is 0. The van der Waals surface area contributed by atoms with E-state index in [4.69, 9.17) is 0 Å². The van der Waals surface area contributed by atoms with E-state index in [0.29, 0.717) is 0 Å². The van der Waals surface area contributed by atoms with Gasteiger partial charge in [-0.3, -0.25) is 0 Å². The summed E-state index contributed by atoms with van der Waals surface area (Å²) >= 11 is 0. The van der Waals surface area contributed by atoms with Crippen molar-refractivity contribution in [3.05, 3.63) is 6.92 Å². The summed E-state index contributed by atoms with van der Waals surface area (Å²) in [5.74, 6) is 6.45. The zero-order valence-corrected chi connectivity index (χ0v) is 8.04. The van der Waals surface area contributed by atoms with Gasteiger partial charge >= 0.3 is 0 Å². The van der Waals surface area contributed by atoms with Gasteiger partial charge in [0.05, 0.1) is 0 Å². The minimum atomic E-state index is 0.178. The molecule has 0 heteroatoms. The van der Waals surface area contributed by atoms with Crippen LogP contribution >= 0.6 is 0 Å². The Hall–Kier alpha value is -0.440. The van der Waals surface area contributed by atoms with Crippen LogP contribution in [0.4, 0.5) is 0 Å². The maximum atomic E-state index is 3.83. The van der Waals surface area contributed by atoms with Crippen LogP contribution in [0, 0.1) is 24.2 Å². The molecule has 0 atom stereocenters. The second-order valence-electron chi connectivity index (χ2n) is 3.54. The minimum Gasteiger partial charge on any atom is -0.103 e. The largest absolute Gasteiger partial charge is 0.103 e. The van der Waals surface area contributed by atoms with Gasteiger partial charge < -0.3 is 0 Å². The highest BCUT2D eigenvalue weighted by Crippen LogP contribution is 2.20. The first-order chi connectivity index (χ1) is 5.12. The fraction of sp³-hybridized carbons (Fsp3) is 0.727. The van der Waals surface area contributed by atoms with E-state index in [9.17, 15) is 0 Å². The molecule has 0 aliphatic carbocycles. The second-order valence-corrected chi connectivity index (χ2v) is 3.54. The average molecular weight is 151 g/mol. The zero-order valence-electron chi connectivity index (χ0n) is 8.04. The van der Waals surface area contributed by atoms with E-state index in [-0.39, 0.29) is 5.41 Å². The quantitative estimate of drug-likeness (QED) is 0.542. The molecule has 0 aliphatic rings. The molecule has 0 spiro atoms. The van der Waals surface area contributed by atoms with Gasteiger partial charge in [-0.05, 0) is 26.7 Å². The predicted octanol–water partition coefficient (Wildman–Crippen LogP) is 3.43. The van der Waals surface area contributed by atoms with E-state index in [1.807, 2.05) is 0 Å². The topological polar surface area (TPSA) is 0 Å². The Balaban J connectivity index is 3.81. The molecule has 0 aromatic rings. The molecule has 11 heavy (non-hydrogen) atoms. The van der Waals surface area contributed by atoms with Crippen molar-refractivity contribution >= 4 is 0 Å². The van der Waals surface area contributed by atoms with Gasteiger partial charge in [-0.25, -0.2) is 0 Å². The highest BCUT2D eigenvalue weighted by molar-refractivity contribution is 5.08. The van der Waals surface area contributed by atoms with E-state index in [1.54, 1.807) is 0 Å². The molecule has 63 valence electrons. The molecule has 0 amide bonds. The summed E-state index contributed by atoms with van der Waals surface area (Å²) in [5.41, 5.74) is 0.178. The monoisotopic (exact) mass is 151 g/mol.